The Balaban J connectivity index is 2.28. The van der Waals surface area contributed by atoms with Crippen molar-refractivity contribution in [2.45, 2.75) is 20.4 Å². The zero-order valence-electron chi connectivity index (χ0n) is 9.82. The van der Waals surface area contributed by atoms with Gasteiger partial charge in [-0.1, -0.05) is 0 Å². The van der Waals surface area contributed by atoms with Gasteiger partial charge in [0.1, 0.15) is 5.76 Å². The molecule has 0 radical (unpaired) electrons. The minimum Gasteiger partial charge on any atom is -0.481 e. The monoisotopic (exact) mass is 240 g/mol. The Morgan fingerprint density at radius 1 is 1.41 bits per heavy atom. The molecule has 6 nitrogen and oxygen atoms in total. The van der Waals surface area contributed by atoms with Gasteiger partial charge >= 0.3 is 12.0 Å². The lowest BCUT2D eigenvalue weighted by Gasteiger charge is -2.19. The second-order valence-corrected chi connectivity index (χ2v) is 4.30. The van der Waals surface area contributed by atoms with Crippen molar-refractivity contribution >= 4 is 12.0 Å². The van der Waals surface area contributed by atoms with Crippen molar-refractivity contribution < 1.29 is 19.1 Å². The third-order valence-electron chi connectivity index (χ3n) is 2.27. The number of hydrogen-bond acceptors (Lipinski definition) is 3. The Morgan fingerprint density at radius 2 is 2.12 bits per heavy atom. The molecular weight excluding hydrogens is 224 g/mol. The molecule has 0 aliphatic carbocycles. The lowest BCUT2D eigenvalue weighted by Crippen LogP contribution is -2.43. The van der Waals surface area contributed by atoms with E-state index in [1.807, 2.05) is 0 Å². The van der Waals surface area contributed by atoms with Crippen LogP contribution in [0, 0.1) is 5.41 Å². The van der Waals surface area contributed by atoms with Gasteiger partial charge in [-0.05, 0) is 26.0 Å². The van der Waals surface area contributed by atoms with Crippen LogP contribution in [-0.2, 0) is 11.3 Å². The average Bonchev–Trinajstić information content (AvgIpc) is 2.76. The molecule has 0 saturated carbocycles. The largest absolute Gasteiger partial charge is 0.481 e. The summed E-state index contributed by atoms with van der Waals surface area (Å²) in [5.41, 5.74) is -0.984. The van der Waals surface area contributed by atoms with E-state index in [2.05, 4.69) is 10.6 Å². The summed E-state index contributed by atoms with van der Waals surface area (Å²) in [5.74, 6) is -0.318. The summed E-state index contributed by atoms with van der Waals surface area (Å²) in [6.07, 6.45) is 1.52. The van der Waals surface area contributed by atoms with Gasteiger partial charge in [-0.3, -0.25) is 4.79 Å². The Morgan fingerprint density at radius 3 is 2.65 bits per heavy atom. The number of rotatable bonds is 5. The van der Waals surface area contributed by atoms with Crippen LogP contribution in [0.1, 0.15) is 19.6 Å². The summed E-state index contributed by atoms with van der Waals surface area (Å²) in [6, 6.07) is 3.04. The Hall–Kier alpha value is -1.98. The molecule has 1 aromatic rings. The number of urea groups is 1. The molecule has 0 aromatic carbocycles. The number of carboxylic acids is 1. The molecule has 0 fully saturated rings. The summed E-state index contributed by atoms with van der Waals surface area (Å²) in [4.78, 5) is 22.1. The molecule has 0 aliphatic rings. The van der Waals surface area contributed by atoms with Crippen LogP contribution < -0.4 is 10.6 Å². The SMILES string of the molecule is CC(C)(CNC(=O)NCc1ccco1)C(=O)O. The quantitative estimate of drug-likeness (QED) is 0.720. The first-order valence-electron chi connectivity index (χ1n) is 5.19. The molecule has 6 heteroatoms. The first kappa shape index (κ1) is 13.1. The molecule has 17 heavy (non-hydrogen) atoms. The fourth-order valence-electron chi connectivity index (χ4n) is 1.02. The maximum atomic E-state index is 11.4. The van der Waals surface area contributed by atoms with Crippen LogP contribution in [0.4, 0.5) is 4.79 Å². The summed E-state index contributed by atoms with van der Waals surface area (Å²) < 4.78 is 5.03. The molecule has 0 bridgehead atoms. The highest BCUT2D eigenvalue weighted by Gasteiger charge is 2.27. The lowest BCUT2D eigenvalue weighted by atomic mass is 9.94. The molecule has 0 spiro atoms. The number of nitrogens with one attached hydrogen (secondary N) is 2. The van der Waals surface area contributed by atoms with Crippen LogP contribution in [0.3, 0.4) is 0 Å². The van der Waals surface area contributed by atoms with E-state index in [0.29, 0.717) is 5.76 Å². The number of aliphatic carboxylic acids is 1. The van der Waals surface area contributed by atoms with Gasteiger partial charge in [0.15, 0.2) is 0 Å². The van der Waals surface area contributed by atoms with E-state index >= 15 is 0 Å². The van der Waals surface area contributed by atoms with Crippen molar-refractivity contribution in [3.05, 3.63) is 24.2 Å². The molecule has 1 rings (SSSR count). The molecular formula is C11H16N2O4. The van der Waals surface area contributed by atoms with E-state index in [-0.39, 0.29) is 13.1 Å². The van der Waals surface area contributed by atoms with E-state index in [9.17, 15) is 9.59 Å². The van der Waals surface area contributed by atoms with E-state index < -0.39 is 17.4 Å². The van der Waals surface area contributed by atoms with E-state index in [4.69, 9.17) is 9.52 Å². The number of carbonyl (C=O) groups is 2. The van der Waals surface area contributed by atoms with Gasteiger partial charge in [-0.2, -0.15) is 0 Å². The van der Waals surface area contributed by atoms with Gasteiger partial charge in [0.2, 0.25) is 0 Å². The van der Waals surface area contributed by atoms with Gasteiger partial charge in [-0.15, -0.1) is 0 Å². The fraction of sp³-hybridized carbons (Fsp3) is 0.455. The van der Waals surface area contributed by atoms with E-state index in [1.54, 1.807) is 26.0 Å². The maximum Gasteiger partial charge on any atom is 0.315 e. The minimum absolute atomic E-state index is 0.0618. The van der Waals surface area contributed by atoms with Gasteiger partial charge in [0.25, 0.3) is 0 Å². The Bertz CT molecular complexity index is 384. The molecule has 0 saturated heterocycles. The van der Waals surface area contributed by atoms with Crippen molar-refractivity contribution in [2.24, 2.45) is 5.41 Å². The highest BCUT2D eigenvalue weighted by Crippen LogP contribution is 2.12. The second-order valence-electron chi connectivity index (χ2n) is 4.30. The molecule has 0 unspecified atom stereocenters. The van der Waals surface area contributed by atoms with E-state index in [0.717, 1.165) is 0 Å². The molecule has 0 atom stereocenters. The van der Waals surface area contributed by atoms with Crippen LogP contribution in [0.5, 0.6) is 0 Å². The number of carbonyl (C=O) groups excluding carboxylic acids is 1. The van der Waals surface area contributed by atoms with Crippen molar-refractivity contribution in [3.8, 4) is 0 Å². The molecule has 94 valence electrons. The molecule has 1 heterocycles. The van der Waals surface area contributed by atoms with Crippen molar-refractivity contribution in [1.82, 2.24) is 10.6 Å². The Kier molecular flexibility index (Phi) is 4.14. The minimum atomic E-state index is -0.984. The van der Waals surface area contributed by atoms with Crippen LogP contribution in [0.15, 0.2) is 22.8 Å². The third kappa shape index (κ3) is 4.18. The zero-order chi connectivity index (χ0) is 12.9. The summed E-state index contributed by atoms with van der Waals surface area (Å²) >= 11 is 0. The maximum absolute atomic E-state index is 11.4. The van der Waals surface area contributed by atoms with Crippen molar-refractivity contribution in [1.29, 1.82) is 0 Å². The van der Waals surface area contributed by atoms with Crippen molar-refractivity contribution in [2.75, 3.05) is 6.54 Å². The van der Waals surface area contributed by atoms with Crippen molar-refractivity contribution in [3.63, 3.8) is 0 Å². The second kappa shape index (κ2) is 5.38. The summed E-state index contributed by atoms with van der Waals surface area (Å²) in [7, 11) is 0. The predicted molar refractivity (Wildman–Crippen MR) is 60.4 cm³/mol. The van der Waals surface area contributed by atoms with Crippen LogP contribution >= 0.6 is 0 Å². The van der Waals surface area contributed by atoms with Gasteiger partial charge in [0.05, 0.1) is 18.2 Å². The first-order valence-corrected chi connectivity index (χ1v) is 5.19. The van der Waals surface area contributed by atoms with E-state index in [1.165, 1.54) is 6.26 Å². The normalized spacial score (nSPS) is 10.9. The smallest absolute Gasteiger partial charge is 0.315 e. The number of hydrogen-bond donors (Lipinski definition) is 3. The zero-order valence-corrected chi connectivity index (χ0v) is 9.82. The topological polar surface area (TPSA) is 91.6 Å². The number of furan rings is 1. The Labute approximate surface area is 99.0 Å². The molecule has 2 amide bonds. The fourth-order valence-corrected chi connectivity index (χ4v) is 1.02. The average molecular weight is 240 g/mol. The van der Waals surface area contributed by atoms with Crippen LogP contribution in [0.2, 0.25) is 0 Å². The first-order chi connectivity index (χ1) is 7.92. The van der Waals surface area contributed by atoms with Crippen LogP contribution in [-0.4, -0.2) is 23.7 Å². The van der Waals surface area contributed by atoms with Gasteiger partial charge in [0, 0.05) is 6.54 Å². The number of carboxylic acid groups (broad SMARTS) is 1. The lowest BCUT2D eigenvalue weighted by molar-refractivity contribution is -0.146. The number of amides is 2. The molecule has 1 aromatic heterocycles. The predicted octanol–water partition coefficient (Wildman–Crippen LogP) is 1.19. The summed E-state index contributed by atoms with van der Waals surface area (Å²) in [5, 5.41) is 13.9. The van der Waals surface area contributed by atoms with Gasteiger partial charge in [-0.25, -0.2) is 4.79 Å². The highest BCUT2D eigenvalue weighted by atomic mass is 16.4. The highest BCUT2D eigenvalue weighted by molar-refractivity contribution is 5.77. The molecule has 0 aliphatic heterocycles. The third-order valence-corrected chi connectivity index (χ3v) is 2.27. The van der Waals surface area contributed by atoms with Gasteiger partial charge < -0.3 is 20.2 Å². The summed E-state index contributed by atoms with van der Waals surface area (Å²) in [6.45, 7) is 3.42. The standard InChI is InChI=1S/C11H16N2O4/c1-11(2,9(14)15)7-13-10(16)12-6-8-4-3-5-17-8/h3-5H,6-7H2,1-2H3,(H,14,15)(H2,12,13,16). The van der Waals surface area contributed by atoms with Crippen LogP contribution in [0.25, 0.3) is 0 Å². The molecule has 3 N–H and O–H groups in total.